The molecule has 0 aromatic carbocycles. The number of hydrogen-bond acceptors (Lipinski definition) is 4. The lowest BCUT2D eigenvalue weighted by Gasteiger charge is -2.27. The lowest BCUT2D eigenvalue weighted by molar-refractivity contribution is 0.266. The summed E-state index contributed by atoms with van der Waals surface area (Å²) in [5.41, 5.74) is -0.722. The van der Waals surface area contributed by atoms with E-state index >= 15 is 0 Å². The number of hydrogen-bond donors (Lipinski definition) is 1. The van der Waals surface area contributed by atoms with Gasteiger partial charge in [-0.3, -0.25) is 4.57 Å². The molecule has 1 aromatic heterocycles. The van der Waals surface area contributed by atoms with Gasteiger partial charge in [0, 0.05) is 20.1 Å². The van der Waals surface area contributed by atoms with Gasteiger partial charge in [-0.2, -0.15) is 4.98 Å². The first-order chi connectivity index (χ1) is 8.54. The first-order valence-electron chi connectivity index (χ1n) is 6.42. The maximum atomic E-state index is 12.2. The van der Waals surface area contributed by atoms with E-state index in [9.17, 15) is 9.59 Å². The maximum Gasteiger partial charge on any atom is 0.355 e. The van der Waals surface area contributed by atoms with E-state index in [2.05, 4.69) is 17.2 Å². The van der Waals surface area contributed by atoms with E-state index in [1.165, 1.54) is 15.6 Å². The molecule has 1 aromatic rings. The van der Waals surface area contributed by atoms with Crippen LogP contribution in [-0.2, 0) is 7.05 Å². The predicted octanol–water partition coefficient (Wildman–Crippen LogP) is 0.735. The van der Waals surface area contributed by atoms with Gasteiger partial charge < -0.3 is 5.32 Å². The minimum atomic E-state index is -0.443. The predicted molar refractivity (Wildman–Crippen MR) is 70.0 cm³/mol. The summed E-state index contributed by atoms with van der Waals surface area (Å²) in [4.78, 5) is 28.1. The summed E-state index contributed by atoms with van der Waals surface area (Å²) in [5.74, 6) is 0.870. The van der Waals surface area contributed by atoms with Crippen molar-refractivity contribution in [2.75, 3.05) is 12.4 Å². The number of rotatable bonds is 2. The Morgan fingerprint density at radius 2 is 2.06 bits per heavy atom. The summed E-state index contributed by atoms with van der Waals surface area (Å²) < 4.78 is 2.71. The van der Waals surface area contributed by atoms with Crippen LogP contribution in [-0.4, -0.2) is 21.2 Å². The van der Waals surface area contributed by atoms with Gasteiger partial charge in [0.05, 0.1) is 0 Å². The van der Waals surface area contributed by atoms with E-state index in [-0.39, 0.29) is 11.7 Å². The standard InChI is InChI=1S/C12H20N4O2/c1-8-5-4-6-9(7-8)16-11(17)14-10(13-2)15(3)12(16)18/h8-9H,4-7H2,1-3H3,(H,13,14,17). The summed E-state index contributed by atoms with van der Waals surface area (Å²) in [6.45, 7) is 2.16. The van der Waals surface area contributed by atoms with Gasteiger partial charge in [0.2, 0.25) is 5.95 Å². The molecule has 0 spiro atoms. The second-order valence-corrected chi connectivity index (χ2v) is 5.11. The Kier molecular flexibility index (Phi) is 3.54. The average molecular weight is 252 g/mol. The molecular formula is C12H20N4O2. The fourth-order valence-corrected chi connectivity index (χ4v) is 2.73. The molecule has 18 heavy (non-hydrogen) atoms. The Bertz CT molecular complexity index is 546. The van der Waals surface area contributed by atoms with Crippen LogP contribution in [0.1, 0.15) is 38.6 Å². The summed E-state index contributed by atoms with van der Waals surface area (Å²) >= 11 is 0. The van der Waals surface area contributed by atoms with Crippen molar-refractivity contribution < 1.29 is 0 Å². The number of anilines is 1. The van der Waals surface area contributed by atoms with Crippen molar-refractivity contribution in [1.82, 2.24) is 14.1 Å². The minimum Gasteiger partial charge on any atom is -0.358 e. The number of nitrogens with zero attached hydrogens (tertiary/aromatic N) is 3. The number of nitrogens with one attached hydrogen (secondary N) is 1. The molecule has 2 rings (SSSR count). The third-order valence-corrected chi connectivity index (χ3v) is 3.72. The monoisotopic (exact) mass is 252 g/mol. The van der Waals surface area contributed by atoms with Crippen LogP contribution in [0, 0.1) is 5.92 Å². The SMILES string of the molecule is CNc1nc(=O)n(C2CCCC(C)C2)c(=O)n1C. The van der Waals surface area contributed by atoms with Crippen LogP contribution in [0.15, 0.2) is 9.59 Å². The second kappa shape index (κ2) is 4.96. The number of aromatic nitrogens is 3. The van der Waals surface area contributed by atoms with Gasteiger partial charge >= 0.3 is 11.4 Å². The molecule has 6 nitrogen and oxygen atoms in total. The zero-order chi connectivity index (χ0) is 13.3. The zero-order valence-electron chi connectivity index (χ0n) is 11.1. The van der Waals surface area contributed by atoms with Gasteiger partial charge in [0.1, 0.15) is 0 Å². The van der Waals surface area contributed by atoms with Gasteiger partial charge in [0.25, 0.3) is 0 Å². The van der Waals surface area contributed by atoms with Crippen molar-refractivity contribution in [2.45, 2.75) is 38.6 Å². The Morgan fingerprint density at radius 3 is 2.67 bits per heavy atom. The van der Waals surface area contributed by atoms with Crippen molar-refractivity contribution in [2.24, 2.45) is 13.0 Å². The van der Waals surface area contributed by atoms with E-state index in [1.54, 1.807) is 14.1 Å². The van der Waals surface area contributed by atoms with Gasteiger partial charge in [-0.15, -0.1) is 0 Å². The average Bonchev–Trinajstić information content (AvgIpc) is 2.34. The molecule has 0 saturated heterocycles. The van der Waals surface area contributed by atoms with Crippen LogP contribution < -0.4 is 16.7 Å². The van der Waals surface area contributed by atoms with Gasteiger partial charge in [0.15, 0.2) is 0 Å². The van der Waals surface area contributed by atoms with Crippen LogP contribution in [0.5, 0.6) is 0 Å². The molecule has 1 fully saturated rings. The molecule has 1 N–H and O–H groups in total. The van der Waals surface area contributed by atoms with Crippen molar-refractivity contribution in [1.29, 1.82) is 0 Å². The zero-order valence-corrected chi connectivity index (χ0v) is 11.1. The molecule has 1 aliphatic carbocycles. The maximum absolute atomic E-state index is 12.2. The summed E-state index contributed by atoms with van der Waals surface area (Å²) in [6, 6.07) is -0.00152. The van der Waals surface area contributed by atoms with E-state index in [0.717, 1.165) is 19.3 Å². The van der Waals surface area contributed by atoms with E-state index in [0.29, 0.717) is 11.9 Å². The first kappa shape index (κ1) is 12.9. The molecule has 2 atom stereocenters. The highest BCUT2D eigenvalue weighted by Gasteiger charge is 2.24. The molecule has 0 amide bonds. The van der Waals surface area contributed by atoms with E-state index in [1.807, 2.05) is 0 Å². The topological polar surface area (TPSA) is 68.9 Å². The summed E-state index contributed by atoms with van der Waals surface area (Å²) in [7, 11) is 3.28. The van der Waals surface area contributed by atoms with Crippen molar-refractivity contribution in [3.8, 4) is 0 Å². The van der Waals surface area contributed by atoms with Crippen LogP contribution >= 0.6 is 0 Å². The second-order valence-electron chi connectivity index (χ2n) is 5.11. The summed E-state index contributed by atoms with van der Waals surface area (Å²) in [5, 5.41) is 2.75. The Hall–Kier alpha value is -1.59. The highest BCUT2D eigenvalue weighted by molar-refractivity contribution is 5.21. The lowest BCUT2D eigenvalue weighted by atomic mass is 9.87. The van der Waals surface area contributed by atoms with E-state index in [4.69, 9.17) is 0 Å². The highest BCUT2D eigenvalue weighted by Crippen LogP contribution is 2.30. The third-order valence-electron chi connectivity index (χ3n) is 3.72. The molecule has 0 aliphatic heterocycles. The van der Waals surface area contributed by atoms with E-state index < -0.39 is 5.69 Å². The van der Waals surface area contributed by atoms with Gasteiger partial charge in [-0.25, -0.2) is 14.2 Å². The molecule has 100 valence electrons. The summed E-state index contributed by atoms with van der Waals surface area (Å²) in [6.07, 6.45) is 4.01. The quantitative estimate of drug-likeness (QED) is 0.842. The first-order valence-corrected chi connectivity index (χ1v) is 6.42. The van der Waals surface area contributed by atoms with Gasteiger partial charge in [-0.1, -0.05) is 19.8 Å². The molecule has 1 heterocycles. The normalized spacial score (nSPS) is 23.9. The van der Waals surface area contributed by atoms with Crippen LogP contribution in [0.2, 0.25) is 0 Å². The van der Waals surface area contributed by atoms with Crippen molar-refractivity contribution in [3.63, 3.8) is 0 Å². The Labute approximate surface area is 106 Å². The molecule has 0 bridgehead atoms. The van der Waals surface area contributed by atoms with Crippen LogP contribution in [0.4, 0.5) is 5.95 Å². The third kappa shape index (κ3) is 2.19. The molecular weight excluding hydrogens is 232 g/mol. The van der Waals surface area contributed by atoms with Gasteiger partial charge in [-0.05, 0) is 18.8 Å². The molecule has 0 radical (unpaired) electrons. The van der Waals surface area contributed by atoms with Crippen LogP contribution in [0.3, 0.4) is 0 Å². The Morgan fingerprint density at radius 1 is 1.33 bits per heavy atom. The molecule has 1 aliphatic rings. The minimum absolute atomic E-state index is 0.00152. The largest absolute Gasteiger partial charge is 0.358 e. The molecule has 6 heteroatoms. The smallest absolute Gasteiger partial charge is 0.355 e. The van der Waals surface area contributed by atoms with Crippen molar-refractivity contribution in [3.05, 3.63) is 21.0 Å². The fourth-order valence-electron chi connectivity index (χ4n) is 2.73. The highest BCUT2D eigenvalue weighted by atomic mass is 16.2. The Balaban J connectivity index is 2.48. The molecule has 2 unspecified atom stereocenters. The molecule has 1 saturated carbocycles. The van der Waals surface area contributed by atoms with Crippen molar-refractivity contribution >= 4 is 5.95 Å². The van der Waals surface area contributed by atoms with Crippen LogP contribution in [0.25, 0.3) is 0 Å². The lowest BCUT2D eigenvalue weighted by Crippen LogP contribution is -2.44. The fraction of sp³-hybridized carbons (Fsp3) is 0.750.